The largest absolute Gasteiger partial charge is 0.340 e. The monoisotopic (exact) mass is 409 g/mol. The van der Waals surface area contributed by atoms with Crippen LogP contribution >= 0.6 is 0 Å². The molecule has 1 aliphatic heterocycles. The van der Waals surface area contributed by atoms with E-state index in [4.69, 9.17) is 4.98 Å². The van der Waals surface area contributed by atoms with Gasteiger partial charge in [0.05, 0.1) is 16.5 Å². The number of hydrogen-bond donors (Lipinski definition) is 2. The summed E-state index contributed by atoms with van der Waals surface area (Å²) in [5.74, 6) is 0.275. The minimum Gasteiger partial charge on any atom is -0.340 e. The summed E-state index contributed by atoms with van der Waals surface area (Å²) in [6.45, 7) is 1.96. The van der Waals surface area contributed by atoms with Gasteiger partial charge in [-0.15, -0.1) is 0 Å². The number of aromatic nitrogens is 3. The zero-order chi connectivity index (χ0) is 21.1. The van der Waals surface area contributed by atoms with Gasteiger partial charge in [0, 0.05) is 5.69 Å². The molecular weight excluding hydrogens is 390 g/mol. The highest BCUT2D eigenvalue weighted by atomic mass is 16.2. The van der Waals surface area contributed by atoms with Crippen LogP contribution in [0.5, 0.6) is 0 Å². The second-order valence-electron chi connectivity index (χ2n) is 8.01. The average molecular weight is 409 g/mol. The number of aryl methyl sites for hydroxylation is 2. The number of aromatic amines is 1. The molecule has 0 bridgehead atoms. The molecule has 0 spiro atoms. The molecule has 2 aromatic heterocycles. The van der Waals surface area contributed by atoms with Gasteiger partial charge in [-0.05, 0) is 67.1 Å². The summed E-state index contributed by atoms with van der Waals surface area (Å²) in [4.78, 5) is 31.6. The first-order chi connectivity index (χ1) is 15.1. The smallest absolute Gasteiger partial charge is 0.267 e. The van der Waals surface area contributed by atoms with Gasteiger partial charge in [-0.3, -0.25) is 14.7 Å². The van der Waals surface area contributed by atoms with E-state index in [-0.39, 0.29) is 17.6 Å². The third-order valence-corrected chi connectivity index (χ3v) is 6.13. The molecule has 2 aliphatic rings. The Morgan fingerprint density at radius 3 is 2.55 bits per heavy atom. The molecule has 2 aromatic carbocycles. The predicted molar refractivity (Wildman–Crippen MR) is 118 cm³/mol. The number of pyridine rings is 1. The molecular formula is C24H19N5O2. The van der Waals surface area contributed by atoms with E-state index < -0.39 is 0 Å². The lowest BCUT2D eigenvalue weighted by atomic mass is 10.1. The number of hydrogen-bond acceptors (Lipinski definition) is 5. The first kappa shape index (κ1) is 17.8. The maximum atomic E-state index is 12.9. The van der Waals surface area contributed by atoms with Crippen LogP contribution in [0.2, 0.25) is 0 Å². The van der Waals surface area contributed by atoms with Crippen molar-refractivity contribution < 1.29 is 9.59 Å². The van der Waals surface area contributed by atoms with E-state index in [1.165, 1.54) is 17.5 Å². The number of benzene rings is 2. The lowest BCUT2D eigenvalue weighted by Gasteiger charge is -2.14. The summed E-state index contributed by atoms with van der Waals surface area (Å²) >= 11 is 0. The van der Waals surface area contributed by atoms with E-state index >= 15 is 0 Å². The molecule has 0 fully saturated rings. The van der Waals surface area contributed by atoms with Crippen LogP contribution in [0.3, 0.4) is 0 Å². The van der Waals surface area contributed by atoms with Gasteiger partial charge in [0.2, 0.25) is 0 Å². The lowest BCUT2D eigenvalue weighted by Crippen LogP contribution is -2.29. The lowest BCUT2D eigenvalue weighted by molar-refractivity contribution is 0.0925. The quantitative estimate of drug-likeness (QED) is 0.492. The summed E-state index contributed by atoms with van der Waals surface area (Å²) in [5.41, 5.74) is 6.02. The summed E-state index contributed by atoms with van der Waals surface area (Å²) in [6.07, 6.45) is 3.35. The number of nitrogens with one attached hydrogen (secondary N) is 2. The van der Waals surface area contributed by atoms with Crippen LogP contribution in [0, 0.1) is 6.92 Å². The number of carbonyl (C=O) groups is 2. The van der Waals surface area contributed by atoms with Crippen molar-refractivity contribution in [1.82, 2.24) is 15.2 Å². The van der Waals surface area contributed by atoms with E-state index in [9.17, 15) is 9.59 Å². The molecule has 0 saturated carbocycles. The third kappa shape index (κ3) is 2.59. The minimum atomic E-state index is -0.367. The first-order valence-corrected chi connectivity index (χ1v) is 10.3. The normalized spacial score (nSPS) is 14.9. The topological polar surface area (TPSA) is 91.0 Å². The van der Waals surface area contributed by atoms with Gasteiger partial charge in [0.15, 0.2) is 11.5 Å². The van der Waals surface area contributed by atoms with Crippen molar-refractivity contribution in [3.05, 3.63) is 76.3 Å². The molecule has 0 saturated heterocycles. The van der Waals surface area contributed by atoms with E-state index in [1.807, 2.05) is 13.0 Å². The van der Waals surface area contributed by atoms with Crippen molar-refractivity contribution in [3.8, 4) is 0 Å². The zero-order valence-electron chi connectivity index (χ0n) is 16.9. The highest BCUT2D eigenvalue weighted by Gasteiger charge is 2.38. The van der Waals surface area contributed by atoms with Gasteiger partial charge in [0.25, 0.3) is 11.8 Å². The van der Waals surface area contributed by atoms with Crippen molar-refractivity contribution in [1.29, 1.82) is 0 Å². The van der Waals surface area contributed by atoms with Crippen molar-refractivity contribution >= 4 is 40.2 Å². The Hall–Kier alpha value is -4.00. The minimum absolute atomic E-state index is 0.281. The fourth-order valence-corrected chi connectivity index (χ4v) is 4.58. The van der Waals surface area contributed by atoms with Crippen LogP contribution in [0.15, 0.2) is 48.5 Å². The maximum Gasteiger partial charge on any atom is 0.267 e. The Bertz CT molecular complexity index is 1370. The van der Waals surface area contributed by atoms with Crippen molar-refractivity contribution in [3.63, 3.8) is 0 Å². The zero-order valence-corrected chi connectivity index (χ0v) is 16.9. The highest BCUT2D eigenvalue weighted by molar-refractivity contribution is 6.35. The second-order valence-corrected chi connectivity index (χ2v) is 8.01. The van der Waals surface area contributed by atoms with E-state index in [2.05, 4.69) is 33.7 Å². The Morgan fingerprint density at radius 1 is 1.00 bits per heavy atom. The van der Waals surface area contributed by atoms with Gasteiger partial charge < -0.3 is 5.32 Å². The Balaban J connectivity index is 1.40. The SMILES string of the molecule is Cc1cc2c(N3C(=O)c4ccccc4C3=O)n[nH]c2nc1Nc1cccc2c1CCC2. The van der Waals surface area contributed by atoms with Crippen LogP contribution in [-0.4, -0.2) is 27.0 Å². The summed E-state index contributed by atoms with van der Waals surface area (Å²) in [6, 6.07) is 15.1. The van der Waals surface area contributed by atoms with Gasteiger partial charge in [-0.25, -0.2) is 9.88 Å². The number of carbonyl (C=O) groups excluding carboxylic acids is 2. The first-order valence-electron chi connectivity index (χ1n) is 10.3. The molecule has 2 amide bonds. The van der Waals surface area contributed by atoms with Gasteiger partial charge >= 0.3 is 0 Å². The molecule has 1 aliphatic carbocycles. The highest BCUT2D eigenvalue weighted by Crippen LogP contribution is 2.35. The Morgan fingerprint density at radius 2 is 1.77 bits per heavy atom. The fourth-order valence-electron chi connectivity index (χ4n) is 4.58. The molecule has 2 N–H and O–H groups in total. The van der Waals surface area contributed by atoms with Crippen molar-refractivity contribution in [2.45, 2.75) is 26.2 Å². The standard InChI is InChI=1S/C24H19N5O2/c1-13-12-18-21(26-20(13)25-19-11-5-7-14-6-4-10-15(14)19)27-28-22(18)29-23(30)16-8-2-3-9-17(16)24(29)31/h2-3,5,7-9,11-12H,4,6,10H2,1H3,(H2,25,26,27,28). The molecule has 7 heteroatoms. The Kier molecular flexibility index (Phi) is 3.74. The van der Waals surface area contributed by atoms with E-state index in [0.29, 0.717) is 22.2 Å². The number of fused-ring (bicyclic) bond motifs is 3. The summed E-state index contributed by atoms with van der Waals surface area (Å²) in [7, 11) is 0. The molecule has 7 nitrogen and oxygen atoms in total. The number of imide groups is 1. The number of anilines is 3. The van der Waals surface area contributed by atoms with Crippen LogP contribution in [0.25, 0.3) is 11.0 Å². The molecule has 0 unspecified atom stereocenters. The summed E-state index contributed by atoms with van der Waals surface area (Å²) in [5, 5.41) is 11.3. The Labute approximate surface area is 178 Å². The van der Waals surface area contributed by atoms with Crippen LogP contribution in [0.1, 0.15) is 43.8 Å². The summed E-state index contributed by atoms with van der Waals surface area (Å²) < 4.78 is 0. The van der Waals surface area contributed by atoms with Crippen molar-refractivity contribution in [2.24, 2.45) is 0 Å². The molecule has 6 rings (SSSR count). The molecule has 0 atom stereocenters. The third-order valence-electron chi connectivity index (χ3n) is 6.13. The number of rotatable bonds is 3. The second kappa shape index (κ2) is 6.50. The van der Waals surface area contributed by atoms with Crippen LogP contribution < -0.4 is 10.2 Å². The molecule has 0 radical (unpaired) electrons. The van der Waals surface area contributed by atoms with E-state index in [1.54, 1.807) is 24.3 Å². The maximum absolute atomic E-state index is 12.9. The molecule has 31 heavy (non-hydrogen) atoms. The fraction of sp³-hybridized carbons (Fsp3) is 0.167. The van der Waals surface area contributed by atoms with Gasteiger partial charge in [-0.1, -0.05) is 24.3 Å². The molecule has 3 heterocycles. The number of nitrogens with zero attached hydrogens (tertiary/aromatic N) is 3. The number of H-pyrrole nitrogens is 1. The van der Waals surface area contributed by atoms with Crippen LogP contribution in [0.4, 0.5) is 17.3 Å². The molecule has 152 valence electrons. The number of amides is 2. The predicted octanol–water partition coefficient (Wildman–Crippen LogP) is 4.30. The van der Waals surface area contributed by atoms with E-state index in [0.717, 1.165) is 34.8 Å². The average Bonchev–Trinajstić information content (AvgIpc) is 3.47. The van der Waals surface area contributed by atoms with Gasteiger partial charge in [-0.2, -0.15) is 5.10 Å². The van der Waals surface area contributed by atoms with Gasteiger partial charge in [0.1, 0.15) is 5.82 Å². The van der Waals surface area contributed by atoms with Crippen LogP contribution in [-0.2, 0) is 12.8 Å². The molecule has 4 aromatic rings. The van der Waals surface area contributed by atoms with Crippen molar-refractivity contribution in [2.75, 3.05) is 10.2 Å².